The molecule has 0 aliphatic carbocycles. The minimum Gasteiger partial charge on any atom is -0.481 e. The fourth-order valence-electron chi connectivity index (χ4n) is 1.40. The van der Waals surface area contributed by atoms with E-state index in [1.165, 1.54) is 0 Å². The number of hydrogen-bond donors (Lipinski definition) is 2. The largest absolute Gasteiger partial charge is 0.481 e. The van der Waals surface area contributed by atoms with E-state index in [1.807, 2.05) is 0 Å². The maximum Gasteiger partial charge on any atom is 0.326 e. The highest BCUT2D eigenvalue weighted by Gasteiger charge is 2.22. The van der Waals surface area contributed by atoms with Gasteiger partial charge < -0.3 is 15.2 Å². The van der Waals surface area contributed by atoms with Crippen LogP contribution in [0.4, 0.5) is 0 Å². The minimum absolute atomic E-state index is 0.314. The van der Waals surface area contributed by atoms with Crippen LogP contribution in [0.15, 0.2) is 24.3 Å². The Balaban J connectivity index is 2.57. The molecule has 1 amide bonds. The van der Waals surface area contributed by atoms with Gasteiger partial charge in [0.05, 0.1) is 0 Å². The molecule has 104 valence electrons. The van der Waals surface area contributed by atoms with Crippen molar-refractivity contribution in [3.8, 4) is 5.75 Å². The van der Waals surface area contributed by atoms with Gasteiger partial charge in [-0.1, -0.05) is 18.5 Å². The van der Waals surface area contributed by atoms with Crippen LogP contribution in [-0.2, 0) is 9.59 Å². The van der Waals surface area contributed by atoms with Gasteiger partial charge in [-0.3, -0.25) is 4.79 Å². The Morgan fingerprint density at radius 2 is 1.95 bits per heavy atom. The summed E-state index contributed by atoms with van der Waals surface area (Å²) in [5, 5.41) is 11.8. The summed E-state index contributed by atoms with van der Waals surface area (Å²) >= 11 is 5.73. The molecule has 2 N–H and O–H groups in total. The molecule has 19 heavy (non-hydrogen) atoms. The number of hydrogen-bond acceptors (Lipinski definition) is 3. The van der Waals surface area contributed by atoms with Gasteiger partial charge in [0.25, 0.3) is 5.91 Å². The number of halogens is 1. The maximum atomic E-state index is 11.8. The molecule has 0 radical (unpaired) electrons. The molecule has 1 aromatic rings. The summed E-state index contributed by atoms with van der Waals surface area (Å²) in [5.74, 6) is -1.03. The minimum atomic E-state index is -1.06. The highest BCUT2D eigenvalue weighted by Crippen LogP contribution is 2.16. The summed E-state index contributed by atoms with van der Waals surface area (Å²) in [6.07, 6.45) is -0.469. The lowest BCUT2D eigenvalue weighted by molar-refractivity contribution is -0.143. The summed E-state index contributed by atoms with van der Waals surface area (Å²) < 4.78 is 5.39. The van der Waals surface area contributed by atoms with Crippen LogP contribution in [0.3, 0.4) is 0 Å². The Labute approximate surface area is 116 Å². The van der Waals surface area contributed by atoms with E-state index in [2.05, 4.69) is 5.32 Å². The van der Waals surface area contributed by atoms with E-state index in [1.54, 1.807) is 38.1 Å². The maximum absolute atomic E-state index is 11.8. The molecular formula is C13H16ClNO4. The van der Waals surface area contributed by atoms with Crippen LogP contribution in [0, 0.1) is 0 Å². The summed E-state index contributed by atoms with van der Waals surface area (Å²) in [6.45, 7) is 3.24. The molecule has 1 aromatic carbocycles. The van der Waals surface area contributed by atoms with Gasteiger partial charge in [0.15, 0.2) is 6.10 Å². The molecule has 0 heterocycles. The molecule has 0 aliphatic rings. The average Bonchev–Trinajstić information content (AvgIpc) is 2.37. The SMILES string of the molecule is CCC(NC(=O)C(C)Oc1ccc(Cl)cc1)C(=O)O. The van der Waals surface area contributed by atoms with E-state index in [0.717, 1.165) is 0 Å². The smallest absolute Gasteiger partial charge is 0.326 e. The van der Waals surface area contributed by atoms with Crippen molar-refractivity contribution >= 4 is 23.5 Å². The van der Waals surface area contributed by atoms with E-state index in [-0.39, 0.29) is 0 Å². The van der Waals surface area contributed by atoms with Gasteiger partial charge >= 0.3 is 5.97 Å². The van der Waals surface area contributed by atoms with Crippen LogP contribution in [0.1, 0.15) is 20.3 Å². The Bertz CT molecular complexity index is 446. The first-order valence-corrected chi connectivity index (χ1v) is 6.27. The van der Waals surface area contributed by atoms with Crippen molar-refractivity contribution in [1.82, 2.24) is 5.32 Å². The standard InChI is InChI=1S/C13H16ClNO4/c1-3-11(13(17)18)15-12(16)8(2)19-10-6-4-9(14)5-7-10/h4-8,11H,3H2,1-2H3,(H,15,16)(H,17,18). The van der Waals surface area contributed by atoms with Crippen LogP contribution < -0.4 is 10.1 Å². The van der Waals surface area contributed by atoms with Crippen molar-refractivity contribution in [1.29, 1.82) is 0 Å². The van der Waals surface area contributed by atoms with E-state index in [4.69, 9.17) is 21.4 Å². The molecule has 6 heteroatoms. The average molecular weight is 286 g/mol. The van der Waals surface area contributed by atoms with Crippen LogP contribution in [0.5, 0.6) is 5.75 Å². The van der Waals surface area contributed by atoms with Crippen molar-refractivity contribution in [3.63, 3.8) is 0 Å². The number of benzene rings is 1. The second-order valence-electron chi connectivity index (χ2n) is 4.02. The third-order valence-electron chi connectivity index (χ3n) is 2.52. The Morgan fingerprint density at radius 3 is 2.42 bits per heavy atom. The predicted octanol–water partition coefficient (Wildman–Crippen LogP) is 2.09. The summed E-state index contributed by atoms with van der Waals surface area (Å²) in [7, 11) is 0. The van der Waals surface area contributed by atoms with Crippen LogP contribution >= 0.6 is 11.6 Å². The predicted molar refractivity (Wildman–Crippen MR) is 71.4 cm³/mol. The van der Waals surface area contributed by atoms with Crippen molar-refractivity contribution in [2.75, 3.05) is 0 Å². The lowest BCUT2D eigenvalue weighted by Crippen LogP contribution is -2.45. The molecular weight excluding hydrogens is 270 g/mol. The summed E-state index contributed by atoms with van der Waals surface area (Å²) in [5.41, 5.74) is 0. The highest BCUT2D eigenvalue weighted by molar-refractivity contribution is 6.30. The molecule has 0 bridgehead atoms. The number of nitrogens with one attached hydrogen (secondary N) is 1. The van der Waals surface area contributed by atoms with Gasteiger partial charge in [-0.25, -0.2) is 4.79 Å². The van der Waals surface area contributed by atoms with Gasteiger partial charge in [-0.2, -0.15) is 0 Å². The first kappa shape index (κ1) is 15.3. The number of carbonyl (C=O) groups is 2. The van der Waals surface area contributed by atoms with E-state index >= 15 is 0 Å². The van der Waals surface area contributed by atoms with Crippen molar-refractivity contribution < 1.29 is 19.4 Å². The second kappa shape index (κ2) is 6.99. The Kier molecular flexibility index (Phi) is 5.63. The quantitative estimate of drug-likeness (QED) is 0.839. The number of aliphatic carboxylic acids is 1. The zero-order chi connectivity index (χ0) is 14.4. The van der Waals surface area contributed by atoms with Crippen LogP contribution in [-0.4, -0.2) is 29.1 Å². The van der Waals surface area contributed by atoms with Gasteiger partial charge in [0.1, 0.15) is 11.8 Å². The molecule has 0 aromatic heterocycles. The highest BCUT2D eigenvalue weighted by atomic mass is 35.5. The van der Waals surface area contributed by atoms with Gasteiger partial charge in [0, 0.05) is 5.02 Å². The first-order chi connectivity index (χ1) is 8.93. The molecule has 2 unspecified atom stereocenters. The number of carbonyl (C=O) groups excluding carboxylic acids is 1. The third kappa shape index (κ3) is 4.79. The number of ether oxygens (including phenoxy) is 1. The zero-order valence-corrected chi connectivity index (χ0v) is 11.5. The first-order valence-electron chi connectivity index (χ1n) is 5.89. The molecule has 0 saturated heterocycles. The molecule has 0 spiro atoms. The van der Waals surface area contributed by atoms with Crippen molar-refractivity contribution in [2.24, 2.45) is 0 Å². The van der Waals surface area contributed by atoms with Crippen LogP contribution in [0.2, 0.25) is 5.02 Å². The van der Waals surface area contributed by atoms with Gasteiger partial charge in [-0.15, -0.1) is 0 Å². The number of amides is 1. The molecule has 0 saturated carbocycles. The van der Waals surface area contributed by atoms with E-state index in [0.29, 0.717) is 17.2 Å². The normalized spacial score (nSPS) is 13.4. The molecule has 5 nitrogen and oxygen atoms in total. The van der Waals surface area contributed by atoms with Crippen LogP contribution in [0.25, 0.3) is 0 Å². The summed E-state index contributed by atoms with van der Waals surface area (Å²) in [4.78, 5) is 22.6. The third-order valence-corrected chi connectivity index (χ3v) is 2.77. The lowest BCUT2D eigenvalue weighted by Gasteiger charge is -2.17. The van der Waals surface area contributed by atoms with Crippen molar-refractivity contribution in [2.45, 2.75) is 32.4 Å². The number of carboxylic acid groups (broad SMARTS) is 1. The molecule has 2 atom stereocenters. The molecule has 0 fully saturated rings. The topological polar surface area (TPSA) is 75.6 Å². The van der Waals surface area contributed by atoms with E-state index in [9.17, 15) is 9.59 Å². The fourth-order valence-corrected chi connectivity index (χ4v) is 1.52. The number of carboxylic acids is 1. The fraction of sp³-hybridized carbons (Fsp3) is 0.385. The Morgan fingerprint density at radius 1 is 1.37 bits per heavy atom. The van der Waals surface area contributed by atoms with E-state index < -0.39 is 24.0 Å². The lowest BCUT2D eigenvalue weighted by atomic mass is 10.2. The van der Waals surface area contributed by atoms with Gasteiger partial charge in [-0.05, 0) is 37.6 Å². The second-order valence-corrected chi connectivity index (χ2v) is 4.46. The monoisotopic (exact) mass is 285 g/mol. The van der Waals surface area contributed by atoms with Crippen molar-refractivity contribution in [3.05, 3.63) is 29.3 Å². The Hall–Kier alpha value is -1.75. The number of rotatable bonds is 6. The molecule has 1 rings (SSSR count). The van der Waals surface area contributed by atoms with Gasteiger partial charge in [0.2, 0.25) is 0 Å². The zero-order valence-electron chi connectivity index (χ0n) is 10.7. The summed E-state index contributed by atoms with van der Waals surface area (Å²) in [6, 6.07) is 5.67. The molecule has 0 aliphatic heterocycles.